The predicted molar refractivity (Wildman–Crippen MR) is 125 cm³/mol. The number of methoxy groups -OCH3 is 1. The summed E-state index contributed by atoms with van der Waals surface area (Å²) in [6.07, 6.45) is 8.62. The molecule has 2 aromatic carbocycles. The van der Waals surface area contributed by atoms with E-state index in [1.54, 1.807) is 44.0 Å². The monoisotopic (exact) mass is 635 g/mol. The number of benzene rings is 2. The van der Waals surface area contributed by atoms with Crippen LogP contribution in [0.2, 0.25) is 0 Å². The predicted octanol–water partition coefficient (Wildman–Crippen LogP) is -0.280. The van der Waals surface area contributed by atoms with Crippen molar-refractivity contribution in [1.82, 2.24) is 4.98 Å². The number of carbonyl (C=O) groups is 1. The molecule has 6 rings (SSSR count). The van der Waals surface area contributed by atoms with Gasteiger partial charge in [0, 0.05) is 45.1 Å². The van der Waals surface area contributed by atoms with E-state index in [-0.39, 0.29) is 42.0 Å². The van der Waals surface area contributed by atoms with Gasteiger partial charge in [0.25, 0.3) is 0 Å². The first-order valence-electron chi connectivity index (χ1n) is 10.1. The van der Waals surface area contributed by atoms with Crippen LogP contribution >= 0.6 is 15.9 Å². The van der Waals surface area contributed by atoms with E-state index in [1.165, 1.54) is 19.2 Å². The second-order valence-electron chi connectivity index (χ2n) is 7.17. The Labute approximate surface area is 227 Å². The van der Waals surface area contributed by atoms with Crippen LogP contribution in [0.4, 0.5) is 5.69 Å². The standard InChI is InChI=1S/C17H8BrN3O3.C7H7O2.CH4O.Ru/c18-9-5-6(22)4-8-10-12-11(16(23)21-17(12)24)7-2-1-3-19-14(7)15(10)20-13(8)9;1-9-7(8)6-4-2-3-5-6;1-2;/h1-5,22H,(H2,21,23,24);2-5H,1H3;2H,1H3;/q;;;+3/p-3. The fourth-order valence-electron chi connectivity index (χ4n) is 3.92. The molecule has 3 heterocycles. The van der Waals surface area contributed by atoms with Crippen molar-refractivity contribution in [3.05, 3.63) is 82.7 Å². The third-order valence-corrected chi connectivity index (χ3v) is 5.89. The summed E-state index contributed by atoms with van der Waals surface area (Å²) in [6.45, 7) is 0. The van der Waals surface area contributed by atoms with Gasteiger partial charge in [-0.15, -0.1) is 5.75 Å². The largest absolute Gasteiger partial charge is 3.00 e. The molecule has 0 unspecified atom stereocenters. The first kappa shape index (κ1) is 27.7. The number of fused-ring (bicyclic) bond motifs is 8. The number of halogens is 1. The zero-order chi connectivity index (χ0) is 25.3. The van der Waals surface area contributed by atoms with Crippen LogP contribution in [0.15, 0.2) is 44.9 Å². The molecule has 6 radical (unpaired) electrons. The third kappa shape index (κ3) is 4.75. The van der Waals surface area contributed by atoms with Gasteiger partial charge in [-0.25, -0.2) is 4.99 Å². The molecule has 1 fully saturated rings. The van der Waals surface area contributed by atoms with E-state index in [1.807, 2.05) is 0 Å². The molecule has 0 atom stereocenters. The number of pyridine rings is 1. The van der Waals surface area contributed by atoms with Crippen molar-refractivity contribution in [2.24, 2.45) is 9.98 Å². The Balaban J connectivity index is 0.000000256. The zero-order valence-corrected chi connectivity index (χ0v) is 22.1. The molecule has 11 heteroatoms. The van der Waals surface area contributed by atoms with Crippen LogP contribution in [0.5, 0.6) is 5.75 Å². The summed E-state index contributed by atoms with van der Waals surface area (Å²) in [5.41, 5.74) is 2.25. The van der Waals surface area contributed by atoms with Gasteiger partial charge in [0.2, 0.25) is 0 Å². The van der Waals surface area contributed by atoms with E-state index < -0.39 is 11.8 Å². The molecule has 1 aromatic heterocycles. The van der Waals surface area contributed by atoms with E-state index in [0.29, 0.717) is 43.5 Å². The zero-order valence-electron chi connectivity index (χ0n) is 18.8. The summed E-state index contributed by atoms with van der Waals surface area (Å²) >= 11 is 3.34. The Morgan fingerprint density at radius 2 is 1.75 bits per heavy atom. The molecule has 0 spiro atoms. The molecule has 3 aliphatic rings. The van der Waals surface area contributed by atoms with Crippen LogP contribution in [-0.2, 0) is 29.0 Å². The van der Waals surface area contributed by atoms with Crippen LogP contribution in [0.25, 0.3) is 27.9 Å². The molecule has 9 nitrogen and oxygen atoms in total. The molecule has 182 valence electrons. The van der Waals surface area contributed by atoms with E-state index in [2.05, 4.69) is 35.6 Å². The number of aliphatic hydroxyl groups is 1. The maximum absolute atomic E-state index is 12.3. The smallest absolute Gasteiger partial charge is 0.872 e. The van der Waals surface area contributed by atoms with Crippen molar-refractivity contribution in [1.29, 1.82) is 0 Å². The molecule has 3 aromatic rings. The average molecular weight is 635 g/mol. The Kier molecular flexibility index (Phi) is 8.81. The Hall–Kier alpha value is -2.88. The van der Waals surface area contributed by atoms with Gasteiger partial charge < -0.3 is 25.2 Å². The van der Waals surface area contributed by atoms with Crippen molar-refractivity contribution in [2.75, 3.05) is 14.2 Å². The number of nitrogens with zero attached hydrogens (tertiary/aromatic N) is 3. The topological polar surface area (TPSA) is 153 Å². The van der Waals surface area contributed by atoms with Crippen LogP contribution in [0.1, 0.15) is 5.56 Å². The average Bonchev–Trinajstić information content (AvgIpc) is 3.59. The van der Waals surface area contributed by atoms with E-state index in [4.69, 9.17) is 5.11 Å². The normalized spacial score (nSPS) is 14.7. The summed E-state index contributed by atoms with van der Waals surface area (Å²) in [5, 5.41) is 44.7. The summed E-state index contributed by atoms with van der Waals surface area (Å²) in [4.78, 5) is 23.1. The SMILES string of the molecule is CO.COC(=O)[C]1[CH][CH][CH][CH]1.[O-]C1=NC([O-])=c2c1c1c(c3ncccc23)=Nc2c(Br)cc([O-])cc2-1.[Ru+3]. The van der Waals surface area contributed by atoms with Gasteiger partial charge in [0.05, 0.1) is 29.6 Å². The number of ether oxygens (including phenoxy) is 1. The summed E-state index contributed by atoms with van der Waals surface area (Å²) in [7, 11) is 2.37. The maximum atomic E-state index is 12.3. The number of hydrogen-bond donors (Lipinski definition) is 1. The van der Waals surface area contributed by atoms with E-state index in [0.717, 1.165) is 7.11 Å². The molecule has 0 amide bonds. The summed E-state index contributed by atoms with van der Waals surface area (Å²) < 4.78 is 4.99. The summed E-state index contributed by atoms with van der Waals surface area (Å²) in [5.74, 6) is -1.07. The van der Waals surface area contributed by atoms with Crippen LogP contribution in [0.3, 0.4) is 0 Å². The number of hydrogen-bond acceptors (Lipinski definition) is 9. The van der Waals surface area contributed by atoms with Crippen molar-refractivity contribution < 1.29 is 49.4 Å². The molecule has 1 N–H and O–H groups in total. The third-order valence-electron chi connectivity index (χ3n) is 5.28. The fraction of sp³-hybridized carbons (Fsp3) is 0.0800. The van der Waals surface area contributed by atoms with Gasteiger partial charge in [0.1, 0.15) is 0 Å². The van der Waals surface area contributed by atoms with Crippen LogP contribution < -0.4 is 25.9 Å². The molecular weight excluding hydrogens is 619 g/mol. The van der Waals surface area contributed by atoms with Gasteiger partial charge in [-0.3, -0.25) is 14.8 Å². The molecule has 36 heavy (non-hydrogen) atoms. The number of aromatic nitrogens is 1. The second kappa shape index (κ2) is 11.5. The maximum Gasteiger partial charge on any atom is 3.00 e. The number of carbonyl (C=O) groups excluding carboxylic acids is 1. The van der Waals surface area contributed by atoms with Gasteiger partial charge >= 0.3 is 25.4 Å². The number of aliphatic imine (C=N–C) groups is 1. The van der Waals surface area contributed by atoms with Crippen LogP contribution in [0, 0.1) is 31.6 Å². The Morgan fingerprint density at radius 1 is 1.06 bits per heavy atom. The van der Waals surface area contributed by atoms with Gasteiger partial charge in [0.15, 0.2) is 0 Å². The Morgan fingerprint density at radius 3 is 2.42 bits per heavy atom. The van der Waals surface area contributed by atoms with E-state index in [9.17, 15) is 20.1 Å². The van der Waals surface area contributed by atoms with Gasteiger partial charge in [-0.2, -0.15) is 0 Å². The molecule has 2 aliphatic heterocycles. The van der Waals surface area contributed by atoms with Gasteiger partial charge in [-0.05, 0) is 59.5 Å². The first-order valence-corrected chi connectivity index (χ1v) is 10.9. The van der Waals surface area contributed by atoms with Crippen molar-refractivity contribution in [3.8, 4) is 16.9 Å². The minimum absolute atomic E-state index is 0. The quantitative estimate of drug-likeness (QED) is 0.223. The number of rotatable bonds is 1. The van der Waals surface area contributed by atoms with Crippen molar-refractivity contribution in [2.45, 2.75) is 0 Å². The molecule has 1 saturated carbocycles. The van der Waals surface area contributed by atoms with E-state index >= 15 is 0 Å². The first-order chi connectivity index (χ1) is 16.9. The van der Waals surface area contributed by atoms with Crippen molar-refractivity contribution >= 4 is 50.3 Å². The molecule has 0 saturated heterocycles. The molecular formula is C25H16BrN3O6Ru. The molecule has 0 bridgehead atoms. The molecule has 1 aliphatic carbocycles. The van der Waals surface area contributed by atoms with Crippen LogP contribution in [-0.4, -0.2) is 36.2 Å². The Bertz CT molecular complexity index is 1490. The van der Waals surface area contributed by atoms with Gasteiger partial charge in [-0.1, -0.05) is 18.2 Å². The minimum Gasteiger partial charge on any atom is -0.872 e. The summed E-state index contributed by atoms with van der Waals surface area (Å²) in [6, 6.07) is 6.25. The van der Waals surface area contributed by atoms with Crippen molar-refractivity contribution in [3.63, 3.8) is 0 Å². The minimum atomic E-state index is -0.604. The number of aliphatic hydroxyl groups excluding tert-OH is 1. The fourth-order valence-corrected chi connectivity index (χ4v) is 4.45. The number of esters is 1. The second-order valence-corrected chi connectivity index (χ2v) is 8.03.